The van der Waals surface area contributed by atoms with Crippen molar-refractivity contribution in [1.29, 1.82) is 0 Å². The van der Waals surface area contributed by atoms with Crippen LogP contribution < -0.4 is 5.73 Å². The first-order chi connectivity index (χ1) is 8.58. The first kappa shape index (κ1) is 13.5. The van der Waals surface area contributed by atoms with Gasteiger partial charge in [-0.2, -0.15) is 0 Å². The Morgan fingerprint density at radius 1 is 1.22 bits per heavy atom. The highest BCUT2D eigenvalue weighted by molar-refractivity contribution is 9.10. The van der Waals surface area contributed by atoms with Gasteiger partial charge in [0.25, 0.3) is 0 Å². The molecule has 0 saturated carbocycles. The zero-order valence-corrected chi connectivity index (χ0v) is 11.9. The molecule has 0 amide bonds. The van der Waals surface area contributed by atoms with Gasteiger partial charge in [-0.25, -0.2) is 4.39 Å². The fraction of sp³-hybridized carbons (Fsp3) is 0.143. The van der Waals surface area contributed by atoms with Gasteiger partial charge in [-0.1, -0.05) is 35.9 Å². The highest BCUT2D eigenvalue weighted by atomic mass is 79.9. The van der Waals surface area contributed by atoms with E-state index < -0.39 is 0 Å². The summed E-state index contributed by atoms with van der Waals surface area (Å²) in [6.07, 6.45) is 0.623. The van der Waals surface area contributed by atoms with Gasteiger partial charge in [0.1, 0.15) is 5.82 Å². The maximum absolute atomic E-state index is 13.1. The minimum absolute atomic E-state index is 0.207. The highest BCUT2D eigenvalue weighted by Crippen LogP contribution is 2.25. The number of nitrogens with two attached hydrogens (primary N) is 1. The minimum Gasteiger partial charge on any atom is -0.324 e. The molecule has 1 nitrogen and oxygen atoms in total. The summed E-state index contributed by atoms with van der Waals surface area (Å²) in [6, 6.07) is 12.2. The molecule has 2 aromatic carbocycles. The van der Waals surface area contributed by atoms with Gasteiger partial charge >= 0.3 is 0 Å². The van der Waals surface area contributed by atoms with Crippen LogP contribution in [0.2, 0.25) is 5.02 Å². The van der Waals surface area contributed by atoms with Gasteiger partial charge in [0.05, 0.1) is 4.47 Å². The largest absolute Gasteiger partial charge is 0.324 e. The lowest BCUT2D eigenvalue weighted by Gasteiger charge is -2.13. The second-order valence-corrected chi connectivity index (χ2v) is 5.34. The van der Waals surface area contributed by atoms with E-state index in [4.69, 9.17) is 17.3 Å². The molecule has 1 unspecified atom stereocenters. The molecule has 2 aromatic rings. The van der Waals surface area contributed by atoms with Crippen molar-refractivity contribution in [2.45, 2.75) is 12.5 Å². The van der Waals surface area contributed by atoms with Crippen molar-refractivity contribution in [2.75, 3.05) is 0 Å². The van der Waals surface area contributed by atoms with E-state index in [9.17, 15) is 4.39 Å². The number of halogens is 3. The maximum atomic E-state index is 13.1. The second kappa shape index (κ2) is 5.83. The van der Waals surface area contributed by atoms with Crippen LogP contribution in [0.5, 0.6) is 0 Å². The molecule has 0 fully saturated rings. The predicted molar refractivity (Wildman–Crippen MR) is 76.2 cm³/mol. The molecule has 0 saturated heterocycles. The first-order valence-corrected chi connectivity index (χ1v) is 6.69. The number of hydrogen-bond acceptors (Lipinski definition) is 1. The van der Waals surface area contributed by atoms with E-state index in [1.165, 1.54) is 6.07 Å². The molecule has 0 spiro atoms. The van der Waals surface area contributed by atoms with E-state index in [1.54, 1.807) is 12.1 Å². The number of benzene rings is 2. The molecule has 0 aliphatic carbocycles. The number of hydrogen-bond donors (Lipinski definition) is 1. The molecule has 4 heteroatoms. The van der Waals surface area contributed by atoms with Gasteiger partial charge in [-0.3, -0.25) is 0 Å². The lowest BCUT2D eigenvalue weighted by atomic mass is 10.00. The lowest BCUT2D eigenvalue weighted by molar-refractivity contribution is 0.617. The quantitative estimate of drug-likeness (QED) is 0.883. The average molecular weight is 329 g/mol. The molecule has 2 rings (SSSR count). The molecule has 0 bridgehead atoms. The topological polar surface area (TPSA) is 26.0 Å². The summed E-state index contributed by atoms with van der Waals surface area (Å²) in [5.41, 5.74) is 7.98. The monoisotopic (exact) mass is 327 g/mol. The first-order valence-electron chi connectivity index (χ1n) is 5.52. The second-order valence-electron chi connectivity index (χ2n) is 4.08. The third-order valence-corrected chi connectivity index (χ3v) is 3.75. The van der Waals surface area contributed by atoms with Crippen LogP contribution in [0.25, 0.3) is 0 Å². The normalized spacial score (nSPS) is 12.4. The van der Waals surface area contributed by atoms with Crippen LogP contribution in [-0.2, 0) is 6.42 Å². The van der Waals surface area contributed by atoms with Gasteiger partial charge in [-0.05, 0) is 51.7 Å². The summed E-state index contributed by atoms with van der Waals surface area (Å²) >= 11 is 9.25. The summed E-state index contributed by atoms with van der Waals surface area (Å²) in [4.78, 5) is 0. The molecule has 18 heavy (non-hydrogen) atoms. The highest BCUT2D eigenvalue weighted by Gasteiger charge is 2.11. The lowest BCUT2D eigenvalue weighted by Crippen LogP contribution is -2.13. The van der Waals surface area contributed by atoms with E-state index in [-0.39, 0.29) is 11.9 Å². The van der Waals surface area contributed by atoms with Crippen LogP contribution in [0.15, 0.2) is 46.9 Å². The van der Waals surface area contributed by atoms with Crippen molar-refractivity contribution in [1.82, 2.24) is 0 Å². The molecule has 94 valence electrons. The van der Waals surface area contributed by atoms with E-state index >= 15 is 0 Å². The van der Waals surface area contributed by atoms with Gasteiger partial charge < -0.3 is 5.73 Å². The minimum atomic E-state index is -0.288. The molecule has 2 N–H and O–H groups in total. The Morgan fingerprint density at radius 2 is 1.94 bits per heavy atom. The van der Waals surface area contributed by atoms with Crippen molar-refractivity contribution in [3.8, 4) is 0 Å². The van der Waals surface area contributed by atoms with Gasteiger partial charge in [0, 0.05) is 11.1 Å². The molecule has 0 radical (unpaired) electrons. The Morgan fingerprint density at radius 3 is 2.61 bits per heavy atom. The Bertz CT molecular complexity index is 559. The molecule has 1 atom stereocenters. The van der Waals surface area contributed by atoms with Gasteiger partial charge in [0.15, 0.2) is 0 Å². The molecule has 0 heterocycles. The smallest absolute Gasteiger partial charge is 0.137 e. The Hall–Kier alpha value is -0.900. The zero-order valence-electron chi connectivity index (χ0n) is 9.54. The van der Waals surface area contributed by atoms with Gasteiger partial charge in [-0.15, -0.1) is 0 Å². The van der Waals surface area contributed by atoms with Crippen LogP contribution in [0.4, 0.5) is 4.39 Å². The summed E-state index contributed by atoms with van der Waals surface area (Å²) < 4.78 is 13.6. The fourth-order valence-electron chi connectivity index (χ4n) is 1.76. The van der Waals surface area contributed by atoms with E-state index in [1.807, 2.05) is 24.3 Å². The standard InChI is InChI=1S/C14H12BrClFN/c15-11-7-10(5-6-13(11)17)14(18)8-9-3-1-2-4-12(9)16/h1-7,14H,8,18H2. The SMILES string of the molecule is NC(Cc1ccccc1Cl)c1ccc(F)c(Br)c1. The van der Waals surface area contributed by atoms with Crippen LogP contribution in [-0.4, -0.2) is 0 Å². The van der Waals surface area contributed by atoms with Crippen molar-refractivity contribution in [3.05, 3.63) is 68.9 Å². The van der Waals surface area contributed by atoms with Crippen LogP contribution in [0.1, 0.15) is 17.2 Å². The van der Waals surface area contributed by atoms with E-state index in [0.717, 1.165) is 11.1 Å². The van der Waals surface area contributed by atoms with Gasteiger partial charge in [0.2, 0.25) is 0 Å². The van der Waals surface area contributed by atoms with E-state index in [0.29, 0.717) is 15.9 Å². The van der Waals surface area contributed by atoms with Crippen LogP contribution >= 0.6 is 27.5 Å². The average Bonchev–Trinajstić information content (AvgIpc) is 2.35. The maximum Gasteiger partial charge on any atom is 0.137 e. The molecule has 0 aliphatic rings. The van der Waals surface area contributed by atoms with E-state index in [2.05, 4.69) is 15.9 Å². The van der Waals surface area contributed by atoms with Crippen molar-refractivity contribution in [2.24, 2.45) is 5.73 Å². The van der Waals surface area contributed by atoms with Crippen molar-refractivity contribution in [3.63, 3.8) is 0 Å². The van der Waals surface area contributed by atoms with Crippen molar-refractivity contribution >= 4 is 27.5 Å². The zero-order chi connectivity index (χ0) is 13.1. The summed E-state index contributed by atoms with van der Waals surface area (Å²) in [7, 11) is 0. The Labute approximate surface area is 119 Å². The number of rotatable bonds is 3. The van der Waals surface area contributed by atoms with Crippen LogP contribution in [0.3, 0.4) is 0 Å². The summed E-state index contributed by atoms with van der Waals surface area (Å²) in [5.74, 6) is -0.288. The van der Waals surface area contributed by atoms with Crippen LogP contribution in [0, 0.1) is 5.82 Å². The molecule has 0 aromatic heterocycles. The third-order valence-electron chi connectivity index (χ3n) is 2.77. The molecular formula is C14H12BrClFN. The fourth-order valence-corrected chi connectivity index (χ4v) is 2.37. The third kappa shape index (κ3) is 3.10. The predicted octanol–water partition coefficient (Wildman–Crippen LogP) is 4.48. The molecular weight excluding hydrogens is 317 g/mol. The summed E-state index contributed by atoms with van der Waals surface area (Å²) in [5, 5.41) is 0.703. The summed E-state index contributed by atoms with van der Waals surface area (Å²) in [6.45, 7) is 0. The Kier molecular flexibility index (Phi) is 4.38. The Balaban J connectivity index is 2.19. The molecule has 0 aliphatic heterocycles. The van der Waals surface area contributed by atoms with Crippen molar-refractivity contribution < 1.29 is 4.39 Å².